The molecule has 0 radical (unpaired) electrons. The fourth-order valence-electron chi connectivity index (χ4n) is 3.61. The number of fused-ring (bicyclic) bond motifs is 2. The van der Waals surface area contributed by atoms with Crippen molar-refractivity contribution in [2.24, 2.45) is 5.73 Å². The number of thiazole rings is 1. The number of nitrogens with zero attached hydrogens (tertiary/aromatic N) is 2. The first-order valence-corrected chi connectivity index (χ1v) is 7.48. The third kappa shape index (κ3) is 2.02. The van der Waals surface area contributed by atoms with Gasteiger partial charge >= 0.3 is 0 Å². The van der Waals surface area contributed by atoms with E-state index in [1.54, 1.807) is 11.3 Å². The molecule has 0 aromatic carbocycles. The van der Waals surface area contributed by atoms with Gasteiger partial charge in [-0.1, -0.05) is 0 Å². The first-order valence-electron chi connectivity index (χ1n) is 6.60. The minimum atomic E-state index is 0.424. The van der Waals surface area contributed by atoms with Gasteiger partial charge in [-0.05, 0) is 39.5 Å². The largest absolute Gasteiger partial charge is 0.328 e. The lowest BCUT2D eigenvalue weighted by Gasteiger charge is -2.41. The van der Waals surface area contributed by atoms with Crippen LogP contribution in [0.1, 0.15) is 49.4 Å². The lowest BCUT2D eigenvalue weighted by Crippen LogP contribution is -2.48. The van der Waals surface area contributed by atoms with Crippen molar-refractivity contribution in [2.45, 2.75) is 63.7 Å². The summed E-state index contributed by atoms with van der Waals surface area (Å²) in [5, 5.41) is 3.39. The zero-order valence-corrected chi connectivity index (χ0v) is 11.4. The van der Waals surface area contributed by atoms with E-state index in [1.165, 1.54) is 36.4 Å². The van der Waals surface area contributed by atoms with E-state index in [1.807, 2.05) is 0 Å². The molecular weight excluding hydrogens is 230 g/mol. The van der Waals surface area contributed by atoms with E-state index in [9.17, 15) is 0 Å². The molecule has 2 N–H and O–H groups in total. The number of nitrogens with two attached hydrogens (primary N) is 1. The molecule has 0 amide bonds. The van der Waals surface area contributed by atoms with Gasteiger partial charge in [-0.3, -0.25) is 4.90 Å². The van der Waals surface area contributed by atoms with Crippen molar-refractivity contribution in [2.75, 3.05) is 0 Å². The van der Waals surface area contributed by atoms with Crippen molar-refractivity contribution in [3.8, 4) is 0 Å². The van der Waals surface area contributed by atoms with E-state index in [-0.39, 0.29) is 0 Å². The number of hydrogen-bond donors (Lipinski definition) is 1. The number of piperidine rings is 1. The molecular formula is C13H21N3S. The van der Waals surface area contributed by atoms with E-state index in [4.69, 9.17) is 5.73 Å². The minimum Gasteiger partial charge on any atom is -0.328 e. The van der Waals surface area contributed by atoms with Crippen molar-refractivity contribution < 1.29 is 0 Å². The summed E-state index contributed by atoms with van der Waals surface area (Å²) in [5.41, 5.74) is 7.37. The van der Waals surface area contributed by atoms with Crippen LogP contribution in [0.25, 0.3) is 0 Å². The Morgan fingerprint density at radius 1 is 1.41 bits per heavy atom. The summed E-state index contributed by atoms with van der Waals surface area (Å²) in [6, 6.07) is 2.28. The lowest BCUT2D eigenvalue weighted by atomic mass is 9.96. The maximum absolute atomic E-state index is 6.12. The summed E-state index contributed by atoms with van der Waals surface area (Å²) in [7, 11) is 0. The zero-order valence-electron chi connectivity index (χ0n) is 10.6. The average molecular weight is 251 g/mol. The second-order valence-corrected chi connectivity index (χ2v) is 6.59. The summed E-state index contributed by atoms with van der Waals surface area (Å²) in [5.74, 6) is 0. The Morgan fingerprint density at radius 2 is 2.06 bits per heavy atom. The SMILES string of the molecule is Cc1nc(C(C)N2C3CCC2CC(N)C3)cs1. The number of rotatable bonds is 2. The summed E-state index contributed by atoms with van der Waals surface area (Å²) in [4.78, 5) is 7.33. The highest BCUT2D eigenvalue weighted by Gasteiger charge is 2.42. The van der Waals surface area contributed by atoms with Gasteiger partial charge in [-0.15, -0.1) is 11.3 Å². The fourth-order valence-corrected chi connectivity index (χ4v) is 4.31. The van der Waals surface area contributed by atoms with E-state index >= 15 is 0 Å². The van der Waals surface area contributed by atoms with E-state index in [2.05, 4.69) is 29.1 Å². The van der Waals surface area contributed by atoms with Gasteiger partial charge in [0.2, 0.25) is 0 Å². The van der Waals surface area contributed by atoms with Crippen molar-refractivity contribution in [3.63, 3.8) is 0 Å². The number of aromatic nitrogens is 1. The Morgan fingerprint density at radius 3 is 2.59 bits per heavy atom. The third-order valence-corrected chi connectivity index (χ3v) is 5.13. The Hall–Kier alpha value is -0.450. The quantitative estimate of drug-likeness (QED) is 0.878. The number of aryl methyl sites for hydroxylation is 1. The van der Waals surface area contributed by atoms with Gasteiger partial charge in [0, 0.05) is 23.5 Å². The monoisotopic (exact) mass is 251 g/mol. The van der Waals surface area contributed by atoms with Crippen LogP contribution in [0.2, 0.25) is 0 Å². The molecule has 3 unspecified atom stereocenters. The Balaban J connectivity index is 1.81. The number of hydrogen-bond acceptors (Lipinski definition) is 4. The van der Waals surface area contributed by atoms with Gasteiger partial charge in [0.05, 0.1) is 16.7 Å². The molecule has 1 aromatic rings. The van der Waals surface area contributed by atoms with Gasteiger partial charge in [-0.25, -0.2) is 4.98 Å². The second-order valence-electron chi connectivity index (χ2n) is 5.53. The Labute approximate surface area is 107 Å². The summed E-state index contributed by atoms with van der Waals surface area (Å²) in [6.45, 7) is 4.39. The first kappa shape index (κ1) is 11.6. The van der Waals surface area contributed by atoms with Crippen molar-refractivity contribution in [1.29, 1.82) is 0 Å². The molecule has 3 heterocycles. The molecule has 3 rings (SSSR count). The highest BCUT2D eigenvalue weighted by atomic mass is 32.1. The zero-order chi connectivity index (χ0) is 12.0. The van der Waals surface area contributed by atoms with E-state index in [0.717, 1.165) is 0 Å². The van der Waals surface area contributed by atoms with Crippen LogP contribution in [0.3, 0.4) is 0 Å². The van der Waals surface area contributed by atoms with Crippen LogP contribution in [-0.2, 0) is 0 Å². The molecule has 2 saturated heterocycles. The summed E-state index contributed by atoms with van der Waals surface area (Å²) < 4.78 is 0. The average Bonchev–Trinajstić information content (AvgIpc) is 2.81. The molecule has 17 heavy (non-hydrogen) atoms. The third-order valence-electron chi connectivity index (χ3n) is 4.34. The molecule has 94 valence electrons. The van der Waals surface area contributed by atoms with Crippen LogP contribution in [0.4, 0.5) is 0 Å². The van der Waals surface area contributed by atoms with Crippen LogP contribution in [-0.4, -0.2) is 28.0 Å². The van der Waals surface area contributed by atoms with Gasteiger partial charge in [0.15, 0.2) is 0 Å². The normalized spacial score (nSPS) is 35.1. The molecule has 2 bridgehead atoms. The standard InChI is InChI=1S/C13H21N3S/c1-8(13-7-17-9(2)15-13)16-11-3-4-12(16)6-10(14)5-11/h7-8,10-12H,3-6,14H2,1-2H3. The topological polar surface area (TPSA) is 42.2 Å². The maximum Gasteiger partial charge on any atom is 0.0898 e. The van der Waals surface area contributed by atoms with Gasteiger partial charge in [0.25, 0.3) is 0 Å². The van der Waals surface area contributed by atoms with Crippen LogP contribution in [0.5, 0.6) is 0 Å². The van der Waals surface area contributed by atoms with Gasteiger partial charge in [0.1, 0.15) is 0 Å². The molecule has 0 spiro atoms. The minimum absolute atomic E-state index is 0.424. The molecule has 0 aliphatic carbocycles. The molecule has 4 heteroatoms. The fraction of sp³-hybridized carbons (Fsp3) is 0.769. The first-order chi connectivity index (χ1) is 8.15. The van der Waals surface area contributed by atoms with Crippen LogP contribution >= 0.6 is 11.3 Å². The lowest BCUT2D eigenvalue weighted by molar-refractivity contribution is 0.0837. The van der Waals surface area contributed by atoms with Gasteiger partial charge in [-0.2, -0.15) is 0 Å². The molecule has 2 aliphatic rings. The van der Waals surface area contributed by atoms with E-state index < -0.39 is 0 Å². The Kier molecular flexibility index (Phi) is 2.97. The summed E-state index contributed by atoms with van der Waals surface area (Å²) >= 11 is 1.76. The maximum atomic E-state index is 6.12. The Bertz CT molecular complexity index is 389. The second kappa shape index (κ2) is 4.34. The van der Waals surface area contributed by atoms with Crippen LogP contribution in [0.15, 0.2) is 5.38 Å². The van der Waals surface area contributed by atoms with Crippen LogP contribution in [0, 0.1) is 6.92 Å². The predicted molar refractivity (Wildman–Crippen MR) is 71.1 cm³/mol. The molecule has 2 fully saturated rings. The highest BCUT2D eigenvalue weighted by molar-refractivity contribution is 7.09. The smallest absolute Gasteiger partial charge is 0.0898 e. The van der Waals surface area contributed by atoms with Crippen molar-refractivity contribution in [3.05, 3.63) is 16.1 Å². The molecule has 3 nitrogen and oxygen atoms in total. The van der Waals surface area contributed by atoms with Crippen LogP contribution < -0.4 is 5.73 Å². The summed E-state index contributed by atoms with van der Waals surface area (Å²) in [6.07, 6.45) is 4.99. The molecule has 3 atom stereocenters. The molecule has 0 saturated carbocycles. The van der Waals surface area contributed by atoms with Crippen molar-refractivity contribution >= 4 is 11.3 Å². The molecule has 1 aromatic heterocycles. The van der Waals surface area contributed by atoms with Crippen molar-refractivity contribution in [1.82, 2.24) is 9.88 Å². The highest BCUT2D eigenvalue weighted by Crippen LogP contribution is 2.40. The van der Waals surface area contributed by atoms with Gasteiger partial charge < -0.3 is 5.73 Å². The van der Waals surface area contributed by atoms with E-state index in [0.29, 0.717) is 24.2 Å². The predicted octanol–water partition coefficient (Wildman–Crippen LogP) is 2.47. The molecule has 2 aliphatic heterocycles.